The van der Waals surface area contributed by atoms with Crippen molar-refractivity contribution in [2.45, 2.75) is 19.7 Å². The molecule has 5 rings (SSSR count). The van der Waals surface area contributed by atoms with Gasteiger partial charge in [0.25, 0.3) is 0 Å². The Morgan fingerprint density at radius 2 is 1.75 bits per heavy atom. The highest BCUT2D eigenvalue weighted by Gasteiger charge is 2.11. The first-order valence-electron chi connectivity index (χ1n) is 11.2. The second kappa shape index (κ2) is 6.88. The lowest BCUT2D eigenvalue weighted by molar-refractivity contribution is 0.918. The molecule has 136 valence electrons. The molecule has 0 saturated heterocycles. The van der Waals surface area contributed by atoms with Crippen molar-refractivity contribution in [3.63, 3.8) is 0 Å². The topological polar surface area (TPSA) is 12.9 Å². The quantitative estimate of drug-likeness (QED) is 0.313. The lowest BCUT2D eigenvalue weighted by Gasteiger charge is -2.13. The van der Waals surface area contributed by atoms with Crippen LogP contribution in [0.15, 0.2) is 85.1 Å². The molecule has 1 nitrogen and oxygen atoms in total. The Labute approximate surface area is 174 Å². The van der Waals surface area contributed by atoms with E-state index >= 15 is 0 Å². The first-order chi connectivity index (χ1) is 15.2. The Hall–Kier alpha value is -2.97. The molecule has 0 bridgehead atoms. The number of fused-ring (bicyclic) bond motifs is 3. The van der Waals surface area contributed by atoms with E-state index in [4.69, 9.17) is 5.48 Å². The minimum atomic E-state index is -2.11. The van der Waals surface area contributed by atoms with Gasteiger partial charge in [0.15, 0.2) is 0 Å². The van der Waals surface area contributed by atoms with Gasteiger partial charge >= 0.3 is 0 Å². The number of pyridine rings is 1. The normalized spacial score (nSPS) is 16.2. The molecule has 0 aliphatic carbocycles. The SMILES string of the molecule is [2H]C([2H])([2H])c1ccc2c(c1)sc1ccc(-c3cc(C([2H])(C)c4ccccc4)ccn3)cc12. The van der Waals surface area contributed by atoms with E-state index in [1.807, 2.05) is 61.5 Å². The molecule has 2 heteroatoms. The Kier molecular flexibility index (Phi) is 3.26. The van der Waals surface area contributed by atoms with Gasteiger partial charge in [0.1, 0.15) is 0 Å². The third kappa shape index (κ3) is 3.00. The molecule has 0 fully saturated rings. The van der Waals surface area contributed by atoms with Crippen molar-refractivity contribution >= 4 is 31.5 Å². The minimum absolute atomic E-state index is 0.363. The van der Waals surface area contributed by atoms with Crippen LogP contribution in [0.2, 0.25) is 0 Å². The van der Waals surface area contributed by atoms with Gasteiger partial charge in [-0.3, -0.25) is 4.98 Å². The van der Waals surface area contributed by atoms with Gasteiger partial charge in [-0.15, -0.1) is 11.3 Å². The maximum absolute atomic E-state index is 8.98. The van der Waals surface area contributed by atoms with Crippen LogP contribution >= 0.6 is 11.3 Å². The predicted molar refractivity (Wildman–Crippen MR) is 121 cm³/mol. The van der Waals surface area contributed by atoms with Gasteiger partial charge in [0.05, 0.1) is 5.69 Å². The van der Waals surface area contributed by atoms with Crippen LogP contribution in [-0.4, -0.2) is 4.98 Å². The second-order valence-electron chi connectivity index (χ2n) is 6.94. The van der Waals surface area contributed by atoms with Crippen molar-refractivity contribution in [2.24, 2.45) is 0 Å². The van der Waals surface area contributed by atoms with Gasteiger partial charge in [-0.2, -0.15) is 0 Å². The second-order valence-corrected chi connectivity index (χ2v) is 8.03. The molecule has 5 aromatic rings. The molecule has 0 spiro atoms. The number of hydrogen-bond donors (Lipinski definition) is 0. The molecule has 2 aromatic heterocycles. The molecule has 0 aliphatic heterocycles. The van der Waals surface area contributed by atoms with Gasteiger partial charge < -0.3 is 0 Å². The summed E-state index contributed by atoms with van der Waals surface area (Å²) in [6.07, 6.45) is 1.76. The number of aromatic nitrogens is 1. The van der Waals surface area contributed by atoms with Crippen LogP contribution in [0.25, 0.3) is 31.4 Å². The van der Waals surface area contributed by atoms with Crippen molar-refractivity contribution < 1.29 is 5.48 Å². The number of thiophene rings is 1. The summed E-state index contributed by atoms with van der Waals surface area (Å²) in [6, 6.07) is 25.3. The Morgan fingerprint density at radius 3 is 2.61 bits per heavy atom. The van der Waals surface area contributed by atoms with Gasteiger partial charge in [-0.05, 0) is 53.9 Å². The van der Waals surface area contributed by atoms with Gasteiger partial charge in [-0.1, -0.05) is 55.5 Å². The fourth-order valence-corrected chi connectivity index (χ4v) is 4.74. The van der Waals surface area contributed by atoms with E-state index in [0.29, 0.717) is 5.56 Å². The molecule has 2 heterocycles. The van der Waals surface area contributed by atoms with Crippen LogP contribution in [0.5, 0.6) is 0 Å². The summed E-state index contributed by atoms with van der Waals surface area (Å²) >= 11 is 1.60. The van der Waals surface area contributed by atoms with E-state index in [0.717, 1.165) is 42.6 Å². The average Bonchev–Trinajstić information content (AvgIpc) is 3.16. The molecule has 1 atom stereocenters. The van der Waals surface area contributed by atoms with Crippen molar-refractivity contribution in [2.75, 3.05) is 0 Å². The van der Waals surface area contributed by atoms with Crippen molar-refractivity contribution in [3.05, 3.63) is 102 Å². The summed E-state index contributed by atoms with van der Waals surface area (Å²) < 4.78 is 34.1. The molecule has 1 unspecified atom stereocenters. The van der Waals surface area contributed by atoms with E-state index < -0.39 is 12.7 Å². The molecule has 0 aliphatic rings. The zero-order chi connectivity index (χ0) is 22.5. The van der Waals surface area contributed by atoms with Crippen LogP contribution in [0, 0.1) is 6.85 Å². The van der Waals surface area contributed by atoms with Gasteiger partial charge in [0, 0.05) is 43.3 Å². The van der Waals surface area contributed by atoms with E-state index in [-0.39, 0.29) is 0 Å². The maximum Gasteiger partial charge on any atom is 0.0705 e. The highest BCUT2D eigenvalue weighted by molar-refractivity contribution is 7.25. The first-order valence-corrected chi connectivity index (χ1v) is 10.0. The zero-order valence-electron chi connectivity index (χ0n) is 19.4. The summed E-state index contributed by atoms with van der Waals surface area (Å²) in [4.78, 5) is 4.58. The minimum Gasteiger partial charge on any atom is -0.256 e. The lowest BCUT2D eigenvalue weighted by Crippen LogP contribution is -1.97. The maximum atomic E-state index is 8.98. The highest BCUT2D eigenvalue weighted by Crippen LogP contribution is 2.37. The molecule has 28 heavy (non-hydrogen) atoms. The third-order valence-electron chi connectivity index (χ3n) is 5.17. The smallest absolute Gasteiger partial charge is 0.0705 e. The molecule has 3 aromatic carbocycles. The number of benzene rings is 3. The summed E-state index contributed by atoms with van der Waals surface area (Å²) in [5.74, 6) is -0.885. The first kappa shape index (κ1) is 13.2. The van der Waals surface area contributed by atoms with Crippen LogP contribution in [-0.2, 0) is 0 Å². The van der Waals surface area contributed by atoms with Crippen molar-refractivity contribution in [3.8, 4) is 11.3 Å². The van der Waals surface area contributed by atoms with Gasteiger partial charge in [0.2, 0.25) is 0 Å². The van der Waals surface area contributed by atoms with Crippen LogP contribution < -0.4 is 0 Å². The monoisotopic (exact) mass is 383 g/mol. The summed E-state index contributed by atoms with van der Waals surface area (Å²) in [7, 11) is 0. The predicted octanol–water partition coefficient (Wildman–Crippen LogP) is 7.58. The summed E-state index contributed by atoms with van der Waals surface area (Å²) in [5, 5.41) is 2.13. The fourth-order valence-electron chi connectivity index (χ4n) is 3.61. The molecular formula is C26H21NS. The average molecular weight is 384 g/mol. The molecule has 0 saturated carbocycles. The molecule has 0 N–H and O–H groups in total. The number of rotatable bonds is 3. The number of hydrogen-bond acceptors (Lipinski definition) is 2. The largest absolute Gasteiger partial charge is 0.256 e. The highest BCUT2D eigenvalue weighted by atomic mass is 32.1. The van der Waals surface area contributed by atoms with E-state index in [9.17, 15) is 0 Å². The van der Waals surface area contributed by atoms with Crippen LogP contribution in [0.3, 0.4) is 0 Å². The van der Waals surface area contributed by atoms with E-state index in [1.54, 1.807) is 29.7 Å². The van der Waals surface area contributed by atoms with E-state index in [1.165, 1.54) is 0 Å². The van der Waals surface area contributed by atoms with Crippen molar-refractivity contribution in [1.82, 2.24) is 4.98 Å². The van der Waals surface area contributed by atoms with E-state index in [2.05, 4.69) is 17.1 Å². The zero-order valence-corrected chi connectivity index (χ0v) is 16.3. The van der Waals surface area contributed by atoms with Crippen molar-refractivity contribution in [1.29, 1.82) is 0 Å². The number of aryl methyl sites for hydroxylation is 1. The summed E-state index contributed by atoms with van der Waals surface area (Å²) in [6.45, 7) is -0.207. The Bertz CT molecular complexity index is 1440. The molecule has 0 amide bonds. The van der Waals surface area contributed by atoms with Gasteiger partial charge in [-0.25, -0.2) is 0 Å². The Balaban J connectivity index is 1.59. The standard InChI is InChI=1S/C26H21NS/c1-17-8-10-22-23-15-21(9-11-25(23)28-26(22)14-17)24-16-20(12-13-27-24)18(2)19-6-4-3-5-7-19/h3-16,18H,1-2H3/i1D3,18D. The molecular weight excluding hydrogens is 358 g/mol. The van der Waals surface area contributed by atoms with Crippen LogP contribution in [0.4, 0.5) is 0 Å². The Morgan fingerprint density at radius 1 is 0.857 bits per heavy atom. The summed E-state index contributed by atoms with van der Waals surface area (Å²) in [5.41, 5.74) is 3.97. The lowest BCUT2D eigenvalue weighted by atomic mass is 9.92. The molecule has 0 radical (unpaired) electrons. The third-order valence-corrected chi connectivity index (χ3v) is 6.30. The fraction of sp³-hybridized carbons (Fsp3) is 0.115. The van der Waals surface area contributed by atoms with Crippen LogP contribution in [0.1, 0.15) is 35.0 Å². The number of nitrogens with zero attached hydrogens (tertiary/aromatic N) is 1.